The predicted molar refractivity (Wildman–Crippen MR) is 77.8 cm³/mol. The average Bonchev–Trinajstić information content (AvgIpc) is 2.79. The minimum absolute atomic E-state index is 0.233. The first-order valence-electron chi connectivity index (χ1n) is 6.39. The summed E-state index contributed by atoms with van der Waals surface area (Å²) in [5.41, 5.74) is 2.03. The standard InChI is InChI=1S/C14H18BrN3O/c1-10(2)18-14(12(15)9-17-18)13(19)4-3-11-5-7-16-8-6-11/h5-10,13,19H,3-4H2,1-2H3. The van der Waals surface area contributed by atoms with Crippen molar-refractivity contribution < 1.29 is 5.11 Å². The molecule has 1 N–H and O–H groups in total. The Hall–Kier alpha value is -1.20. The van der Waals surface area contributed by atoms with Gasteiger partial charge in [0, 0.05) is 18.4 Å². The van der Waals surface area contributed by atoms with Crippen LogP contribution in [0.4, 0.5) is 0 Å². The van der Waals surface area contributed by atoms with E-state index in [1.807, 2.05) is 16.8 Å². The second kappa shape index (κ2) is 6.30. The molecule has 2 aromatic rings. The zero-order valence-electron chi connectivity index (χ0n) is 11.1. The number of hydrogen-bond donors (Lipinski definition) is 1. The Morgan fingerprint density at radius 2 is 2.00 bits per heavy atom. The van der Waals surface area contributed by atoms with Crippen LogP contribution in [0.5, 0.6) is 0 Å². The van der Waals surface area contributed by atoms with Gasteiger partial charge in [-0.3, -0.25) is 9.67 Å². The van der Waals surface area contributed by atoms with Crippen molar-refractivity contribution in [2.45, 2.75) is 38.8 Å². The Bertz CT molecular complexity index is 525. The number of aliphatic hydroxyl groups is 1. The van der Waals surface area contributed by atoms with Crippen molar-refractivity contribution in [1.82, 2.24) is 14.8 Å². The molecule has 5 heteroatoms. The van der Waals surface area contributed by atoms with Crippen LogP contribution in [0.3, 0.4) is 0 Å². The molecule has 19 heavy (non-hydrogen) atoms. The molecule has 0 spiro atoms. The molecule has 0 saturated carbocycles. The molecule has 0 amide bonds. The second-order valence-corrected chi connectivity index (χ2v) is 5.68. The van der Waals surface area contributed by atoms with E-state index in [4.69, 9.17) is 0 Å². The minimum atomic E-state index is -0.521. The van der Waals surface area contributed by atoms with Crippen molar-refractivity contribution in [1.29, 1.82) is 0 Å². The Morgan fingerprint density at radius 1 is 1.32 bits per heavy atom. The van der Waals surface area contributed by atoms with Gasteiger partial charge in [-0.15, -0.1) is 0 Å². The van der Waals surface area contributed by atoms with Gasteiger partial charge in [0.15, 0.2) is 0 Å². The van der Waals surface area contributed by atoms with Crippen LogP contribution in [0, 0.1) is 0 Å². The van der Waals surface area contributed by atoms with E-state index in [1.165, 1.54) is 5.56 Å². The van der Waals surface area contributed by atoms with E-state index < -0.39 is 6.10 Å². The number of nitrogens with zero attached hydrogens (tertiary/aromatic N) is 3. The highest BCUT2D eigenvalue weighted by Crippen LogP contribution is 2.28. The van der Waals surface area contributed by atoms with E-state index in [9.17, 15) is 5.11 Å². The fourth-order valence-corrected chi connectivity index (χ4v) is 2.60. The summed E-state index contributed by atoms with van der Waals surface area (Å²) < 4.78 is 2.73. The number of aliphatic hydroxyl groups excluding tert-OH is 1. The molecule has 1 unspecified atom stereocenters. The molecule has 1 atom stereocenters. The lowest BCUT2D eigenvalue weighted by molar-refractivity contribution is 0.154. The van der Waals surface area contributed by atoms with Gasteiger partial charge in [0.05, 0.1) is 22.5 Å². The third-order valence-electron chi connectivity index (χ3n) is 3.05. The molecule has 0 aliphatic heterocycles. The minimum Gasteiger partial charge on any atom is -0.387 e. The van der Waals surface area contributed by atoms with E-state index >= 15 is 0 Å². The van der Waals surface area contributed by atoms with Crippen LogP contribution in [-0.4, -0.2) is 19.9 Å². The fraction of sp³-hybridized carbons (Fsp3) is 0.429. The van der Waals surface area contributed by atoms with Gasteiger partial charge in [-0.1, -0.05) is 0 Å². The molecule has 0 radical (unpaired) electrons. The van der Waals surface area contributed by atoms with Crippen LogP contribution >= 0.6 is 15.9 Å². The topological polar surface area (TPSA) is 50.9 Å². The molecule has 0 aromatic carbocycles. The van der Waals surface area contributed by atoms with Crippen molar-refractivity contribution in [3.63, 3.8) is 0 Å². The molecule has 0 aliphatic carbocycles. The third-order valence-corrected chi connectivity index (χ3v) is 3.66. The molecule has 0 bridgehead atoms. The van der Waals surface area contributed by atoms with Gasteiger partial charge in [-0.2, -0.15) is 5.10 Å². The van der Waals surface area contributed by atoms with E-state index in [0.717, 1.165) is 16.6 Å². The van der Waals surface area contributed by atoms with Gasteiger partial charge >= 0.3 is 0 Å². The van der Waals surface area contributed by atoms with E-state index in [-0.39, 0.29) is 6.04 Å². The van der Waals surface area contributed by atoms with Crippen LogP contribution in [0.2, 0.25) is 0 Å². The van der Waals surface area contributed by atoms with Gasteiger partial charge < -0.3 is 5.11 Å². The van der Waals surface area contributed by atoms with Gasteiger partial charge in [0.25, 0.3) is 0 Å². The number of halogens is 1. The van der Waals surface area contributed by atoms with Crippen molar-refractivity contribution in [2.24, 2.45) is 0 Å². The zero-order valence-corrected chi connectivity index (χ0v) is 12.7. The van der Waals surface area contributed by atoms with Crippen LogP contribution in [0.1, 0.15) is 43.7 Å². The summed E-state index contributed by atoms with van der Waals surface area (Å²) in [5, 5.41) is 14.7. The van der Waals surface area contributed by atoms with Gasteiger partial charge in [0.2, 0.25) is 0 Å². The van der Waals surface area contributed by atoms with E-state index in [2.05, 4.69) is 39.9 Å². The first kappa shape index (κ1) is 14.2. The molecule has 4 nitrogen and oxygen atoms in total. The van der Waals surface area contributed by atoms with Crippen LogP contribution in [-0.2, 0) is 6.42 Å². The number of aryl methyl sites for hydroxylation is 1. The van der Waals surface area contributed by atoms with Gasteiger partial charge in [0.1, 0.15) is 0 Å². The molecule has 0 aliphatic rings. The average molecular weight is 324 g/mol. The normalized spacial score (nSPS) is 12.9. The van der Waals surface area contributed by atoms with Crippen LogP contribution < -0.4 is 0 Å². The predicted octanol–water partition coefficient (Wildman–Crippen LogP) is 3.29. The highest BCUT2D eigenvalue weighted by atomic mass is 79.9. The third kappa shape index (κ3) is 3.42. The lowest BCUT2D eigenvalue weighted by Gasteiger charge is -2.16. The molecular formula is C14H18BrN3O. The largest absolute Gasteiger partial charge is 0.387 e. The zero-order chi connectivity index (χ0) is 13.8. The molecule has 0 fully saturated rings. The summed E-state index contributed by atoms with van der Waals surface area (Å²) in [6.45, 7) is 4.11. The maximum atomic E-state index is 10.4. The molecule has 2 heterocycles. The highest BCUT2D eigenvalue weighted by molar-refractivity contribution is 9.10. The van der Waals surface area contributed by atoms with Crippen molar-refractivity contribution in [2.75, 3.05) is 0 Å². The van der Waals surface area contributed by atoms with E-state index in [0.29, 0.717) is 6.42 Å². The summed E-state index contributed by atoms with van der Waals surface area (Å²) >= 11 is 3.46. The Morgan fingerprint density at radius 3 is 2.63 bits per heavy atom. The number of pyridine rings is 1. The van der Waals surface area contributed by atoms with Crippen molar-refractivity contribution in [3.05, 3.63) is 46.5 Å². The van der Waals surface area contributed by atoms with Crippen LogP contribution in [0.25, 0.3) is 0 Å². The summed E-state index contributed by atoms with van der Waals surface area (Å²) in [6.07, 6.45) is 6.25. The molecule has 0 saturated heterocycles. The SMILES string of the molecule is CC(C)n1ncc(Br)c1C(O)CCc1ccncc1. The Kier molecular flexibility index (Phi) is 4.71. The Labute approximate surface area is 121 Å². The summed E-state index contributed by atoms with van der Waals surface area (Å²) in [5.74, 6) is 0. The second-order valence-electron chi connectivity index (χ2n) is 4.83. The Balaban J connectivity index is 2.08. The van der Waals surface area contributed by atoms with Crippen molar-refractivity contribution in [3.8, 4) is 0 Å². The number of rotatable bonds is 5. The van der Waals surface area contributed by atoms with Gasteiger partial charge in [-0.25, -0.2) is 0 Å². The smallest absolute Gasteiger partial charge is 0.0971 e. The van der Waals surface area contributed by atoms with E-state index in [1.54, 1.807) is 18.6 Å². The van der Waals surface area contributed by atoms with Crippen LogP contribution in [0.15, 0.2) is 35.2 Å². The first-order chi connectivity index (χ1) is 9.09. The summed E-state index contributed by atoms with van der Waals surface area (Å²) in [6, 6.07) is 4.18. The van der Waals surface area contributed by atoms with Gasteiger partial charge in [-0.05, 0) is 60.3 Å². The summed E-state index contributed by atoms with van der Waals surface area (Å²) in [4.78, 5) is 3.99. The number of aromatic nitrogens is 3. The van der Waals surface area contributed by atoms with Crippen molar-refractivity contribution >= 4 is 15.9 Å². The molecular weight excluding hydrogens is 306 g/mol. The summed E-state index contributed by atoms with van der Waals surface area (Å²) in [7, 11) is 0. The lowest BCUT2D eigenvalue weighted by Crippen LogP contribution is -2.12. The fourth-order valence-electron chi connectivity index (χ4n) is 2.06. The quantitative estimate of drug-likeness (QED) is 0.918. The maximum Gasteiger partial charge on any atom is 0.0971 e. The highest BCUT2D eigenvalue weighted by Gasteiger charge is 2.19. The molecule has 102 valence electrons. The molecule has 2 aromatic heterocycles. The number of hydrogen-bond acceptors (Lipinski definition) is 3. The lowest BCUT2D eigenvalue weighted by atomic mass is 10.1. The maximum absolute atomic E-state index is 10.4. The first-order valence-corrected chi connectivity index (χ1v) is 7.18. The molecule has 2 rings (SSSR count). The monoisotopic (exact) mass is 323 g/mol.